The lowest BCUT2D eigenvalue weighted by atomic mass is 10.1. The van der Waals surface area contributed by atoms with Crippen molar-refractivity contribution < 1.29 is 14.0 Å². The summed E-state index contributed by atoms with van der Waals surface area (Å²) in [6.45, 7) is 4.10. The van der Waals surface area contributed by atoms with Crippen molar-refractivity contribution in [3.05, 3.63) is 30.1 Å². The molecule has 1 aliphatic heterocycles. The summed E-state index contributed by atoms with van der Waals surface area (Å²) in [5.74, 6) is -0.341. The van der Waals surface area contributed by atoms with Gasteiger partial charge in [0.1, 0.15) is 5.82 Å². The number of hydrogen-bond donors (Lipinski definition) is 3. The van der Waals surface area contributed by atoms with E-state index in [1.54, 1.807) is 4.90 Å². The Labute approximate surface area is 148 Å². The highest BCUT2D eigenvalue weighted by Gasteiger charge is 2.23. The first-order valence-electron chi connectivity index (χ1n) is 8.94. The first-order chi connectivity index (χ1) is 12.1. The Morgan fingerprint density at radius 1 is 1.16 bits per heavy atom. The minimum Gasteiger partial charge on any atom is -0.338 e. The van der Waals surface area contributed by atoms with Gasteiger partial charge in [-0.15, -0.1) is 0 Å². The summed E-state index contributed by atoms with van der Waals surface area (Å²) >= 11 is 0. The van der Waals surface area contributed by atoms with Crippen molar-refractivity contribution in [3.8, 4) is 0 Å². The number of hydrogen-bond acceptors (Lipinski definition) is 2. The summed E-state index contributed by atoms with van der Waals surface area (Å²) in [4.78, 5) is 25.8. The molecule has 1 saturated heterocycles. The normalized spacial score (nSPS) is 14.9. The first-order valence-corrected chi connectivity index (χ1v) is 8.94. The van der Waals surface area contributed by atoms with E-state index in [1.807, 2.05) is 0 Å². The molecule has 0 aliphatic carbocycles. The number of unbranched alkanes of at least 4 members (excludes halogenated alkanes) is 2. The maximum absolute atomic E-state index is 12.8. The van der Waals surface area contributed by atoms with Gasteiger partial charge in [0.25, 0.3) is 0 Å². The monoisotopic (exact) mass is 350 g/mol. The van der Waals surface area contributed by atoms with Gasteiger partial charge >= 0.3 is 12.1 Å². The Bertz CT molecular complexity index is 557. The topological polar surface area (TPSA) is 73.5 Å². The number of halogens is 1. The molecule has 0 aromatic heterocycles. The van der Waals surface area contributed by atoms with Gasteiger partial charge in [0.05, 0.1) is 0 Å². The van der Waals surface area contributed by atoms with Crippen LogP contribution in [0.3, 0.4) is 0 Å². The number of amides is 4. The molecule has 1 aliphatic rings. The lowest BCUT2D eigenvalue weighted by Gasteiger charge is -2.32. The zero-order valence-electron chi connectivity index (χ0n) is 14.7. The molecule has 0 spiro atoms. The lowest BCUT2D eigenvalue weighted by molar-refractivity contribution is 0.177. The van der Waals surface area contributed by atoms with E-state index in [-0.39, 0.29) is 23.9 Å². The van der Waals surface area contributed by atoms with Crippen molar-refractivity contribution in [2.75, 3.05) is 25.0 Å². The molecule has 1 aromatic rings. The number of anilines is 1. The number of rotatable bonds is 6. The van der Waals surface area contributed by atoms with E-state index in [9.17, 15) is 14.0 Å². The van der Waals surface area contributed by atoms with Crippen LogP contribution in [0.5, 0.6) is 0 Å². The summed E-state index contributed by atoms with van der Waals surface area (Å²) in [6, 6.07) is 5.32. The Hall–Kier alpha value is -2.31. The van der Waals surface area contributed by atoms with Crippen LogP contribution in [0.2, 0.25) is 0 Å². The summed E-state index contributed by atoms with van der Waals surface area (Å²) in [7, 11) is 0. The highest BCUT2D eigenvalue weighted by atomic mass is 19.1. The first kappa shape index (κ1) is 19.0. The zero-order chi connectivity index (χ0) is 18.1. The van der Waals surface area contributed by atoms with Gasteiger partial charge in [0.15, 0.2) is 0 Å². The Morgan fingerprint density at radius 3 is 2.48 bits per heavy atom. The van der Waals surface area contributed by atoms with Crippen LogP contribution in [-0.2, 0) is 0 Å². The zero-order valence-corrected chi connectivity index (χ0v) is 14.7. The molecule has 0 unspecified atom stereocenters. The standard InChI is InChI=1S/C18H27FN4O2/c1-2-3-4-11-20-18(25)23-12-9-16(10-13-23)22-17(24)21-15-7-5-14(19)6-8-15/h5-8,16H,2-4,9-13H2,1H3,(H,20,25)(H2,21,22,24). The minimum absolute atomic E-state index is 0.0229. The molecule has 7 heteroatoms. The molecule has 3 N–H and O–H groups in total. The van der Waals surface area contributed by atoms with Crippen LogP contribution in [0, 0.1) is 5.82 Å². The Morgan fingerprint density at radius 2 is 1.84 bits per heavy atom. The van der Waals surface area contributed by atoms with Crippen molar-refractivity contribution in [3.63, 3.8) is 0 Å². The molecular weight excluding hydrogens is 323 g/mol. The fourth-order valence-electron chi connectivity index (χ4n) is 2.79. The third kappa shape index (κ3) is 6.60. The molecule has 0 atom stereocenters. The average molecular weight is 350 g/mol. The van der Waals surface area contributed by atoms with E-state index in [0.29, 0.717) is 25.3 Å². The smallest absolute Gasteiger partial charge is 0.319 e. The Kier molecular flexibility index (Phi) is 7.50. The van der Waals surface area contributed by atoms with E-state index in [4.69, 9.17) is 0 Å². The van der Waals surface area contributed by atoms with Gasteiger partial charge in [-0.2, -0.15) is 0 Å². The molecular formula is C18H27FN4O2. The summed E-state index contributed by atoms with van der Waals surface area (Å²) in [6.07, 6.45) is 4.70. The number of piperidine rings is 1. The highest BCUT2D eigenvalue weighted by molar-refractivity contribution is 5.89. The second kappa shape index (κ2) is 9.86. The molecule has 2 rings (SSSR count). The van der Waals surface area contributed by atoms with E-state index in [0.717, 1.165) is 32.1 Å². The molecule has 25 heavy (non-hydrogen) atoms. The number of nitrogens with one attached hydrogen (secondary N) is 3. The minimum atomic E-state index is -0.341. The van der Waals surface area contributed by atoms with Crippen LogP contribution in [0.4, 0.5) is 19.7 Å². The van der Waals surface area contributed by atoms with Crippen molar-refractivity contribution in [2.45, 2.75) is 45.1 Å². The number of benzene rings is 1. The van der Waals surface area contributed by atoms with Crippen LogP contribution in [0.1, 0.15) is 39.0 Å². The molecule has 0 bridgehead atoms. The predicted octanol–water partition coefficient (Wildman–Crippen LogP) is 3.31. The van der Waals surface area contributed by atoms with Gasteiger partial charge in [-0.3, -0.25) is 0 Å². The second-order valence-corrected chi connectivity index (χ2v) is 6.31. The van der Waals surface area contributed by atoms with Crippen molar-refractivity contribution in [1.82, 2.24) is 15.5 Å². The number of carbonyl (C=O) groups is 2. The third-order valence-corrected chi connectivity index (χ3v) is 4.28. The predicted molar refractivity (Wildman–Crippen MR) is 96.1 cm³/mol. The highest BCUT2D eigenvalue weighted by Crippen LogP contribution is 2.12. The van der Waals surface area contributed by atoms with Gasteiger partial charge in [-0.1, -0.05) is 19.8 Å². The molecule has 138 valence electrons. The summed E-state index contributed by atoms with van der Waals surface area (Å²) in [5.41, 5.74) is 0.544. The average Bonchev–Trinajstić information content (AvgIpc) is 2.61. The fraction of sp³-hybridized carbons (Fsp3) is 0.556. The maximum Gasteiger partial charge on any atom is 0.319 e. The second-order valence-electron chi connectivity index (χ2n) is 6.31. The maximum atomic E-state index is 12.8. The van der Waals surface area contributed by atoms with Crippen LogP contribution >= 0.6 is 0 Å². The largest absolute Gasteiger partial charge is 0.338 e. The lowest BCUT2D eigenvalue weighted by Crippen LogP contribution is -2.50. The molecule has 6 nitrogen and oxygen atoms in total. The van der Waals surface area contributed by atoms with E-state index in [1.165, 1.54) is 24.3 Å². The van der Waals surface area contributed by atoms with Crippen LogP contribution in [0.25, 0.3) is 0 Å². The SMILES string of the molecule is CCCCCNC(=O)N1CCC(NC(=O)Nc2ccc(F)cc2)CC1. The number of urea groups is 2. The number of likely N-dealkylation sites (tertiary alicyclic amines) is 1. The van der Waals surface area contributed by atoms with E-state index < -0.39 is 0 Å². The number of nitrogens with zero attached hydrogens (tertiary/aromatic N) is 1. The molecule has 4 amide bonds. The van der Waals surface area contributed by atoms with Gasteiger partial charge in [-0.25, -0.2) is 14.0 Å². The van der Waals surface area contributed by atoms with E-state index in [2.05, 4.69) is 22.9 Å². The van der Waals surface area contributed by atoms with Crippen LogP contribution in [-0.4, -0.2) is 42.6 Å². The van der Waals surface area contributed by atoms with Gasteiger partial charge in [0, 0.05) is 31.4 Å². The van der Waals surface area contributed by atoms with Gasteiger partial charge in [-0.05, 0) is 43.5 Å². The molecule has 1 heterocycles. The van der Waals surface area contributed by atoms with E-state index >= 15 is 0 Å². The molecule has 1 fully saturated rings. The van der Waals surface area contributed by atoms with Crippen molar-refractivity contribution in [1.29, 1.82) is 0 Å². The van der Waals surface area contributed by atoms with Gasteiger partial charge < -0.3 is 20.9 Å². The van der Waals surface area contributed by atoms with Gasteiger partial charge in [0.2, 0.25) is 0 Å². The summed E-state index contributed by atoms with van der Waals surface area (Å²) in [5, 5.41) is 8.52. The van der Waals surface area contributed by atoms with Crippen LogP contribution in [0.15, 0.2) is 24.3 Å². The summed E-state index contributed by atoms with van der Waals surface area (Å²) < 4.78 is 12.8. The van der Waals surface area contributed by atoms with Crippen LogP contribution < -0.4 is 16.0 Å². The number of carbonyl (C=O) groups excluding carboxylic acids is 2. The van der Waals surface area contributed by atoms with Crippen molar-refractivity contribution >= 4 is 17.7 Å². The molecule has 0 radical (unpaired) electrons. The molecule has 1 aromatic carbocycles. The fourth-order valence-corrected chi connectivity index (χ4v) is 2.79. The quantitative estimate of drug-likeness (QED) is 0.689. The Balaban J connectivity index is 1.66. The molecule has 0 saturated carbocycles. The van der Waals surface area contributed by atoms with Crippen molar-refractivity contribution in [2.24, 2.45) is 0 Å². The third-order valence-electron chi connectivity index (χ3n) is 4.28.